The second-order valence-corrected chi connectivity index (χ2v) is 11.3. The molecule has 194 valence electrons. The lowest BCUT2D eigenvalue weighted by Gasteiger charge is -2.45. The third-order valence-electron chi connectivity index (χ3n) is 7.78. The molecule has 1 aromatic heterocycles. The van der Waals surface area contributed by atoms with Crippen molar-refractivity contribution in [2.24, 2.45) is 11.3 Å². The molecular formula is C29H40N4O3. The van der Waals surface area contributed by atoms with Crippen LogP contribution in [0.2, 0.25) is 0 Å². The minimum Gasteiger partial charge on any atom is -0.381 e. The zero-order valence-electron chi connectivity index (χ0n) is 22.9. The second kappa shape index (κ2) is 10.3. The fourth-order valence-corrected chi connectivity index (χ4v) is 5.57. The van der Waals surface area contributed by atoms with E-state index in [2.05, 4.69) is 50.8 Å². The summed E-state index contributed by atoms with van der Waals surface area (Å²) in [5.41, 5.74) is 5.35. The van der Waals surface area contributed by atoms with Crippen LogP contribution in [0, 0.1) is 25.2 Å². The molecule has 1 amide bonds. The van der Waals surface area contributed by atoms with Crippen LogP contribution in [0.4, 0.5) is 5.82 Å². The zero-order chi connectivity index (χ0) is 26.2. The highest BCUT2D eigenvalue weighted by Gasteiger charge is 2.38. The van der Waals surface area contributed by atoms with Crippen LogP contribution in [0.25, 0.3) is 11.4 Å². The van der Waals surface area contributed by atoms with Gasteiger partial charge in [0.25, 0.3) is 0 Å². The topological polar surface area (TPSA) is 75.6 Å². The second-order valence-electron chi connectivity index (χ2n) is 11.3. The average Bonchev–Trinajstić information content (AvgIpc) is 2.82. The maximum absolute atomic E-state index is 13.0. The van der Waals surface area contributed by atoms with E-state index < -0.39 is 0 Å². The van der Waals surface area contributed by atoms with Crippen LogP contribution in [0.5, 0.6) is 0 Å². The van der Waals surface area contributed by atoms with Crippen molar-refractivity contribution in [3.05, 3.63) is 40.6 Å². The van der Waals surface area contributed by atoms with Crippen molar-refractivity contribution in [3.8, 4) is 11.4 Å². The lowest BCUT2D eigenvalue weighted by molar-refractivity contribution is -0.137. The first kappa shape index (κ1) is 26.3. The van der Waals surface area contributed by atoms with Gasteiger partial charge in [0.1, 0.15) is 11.6 Å². The van der Waals surface area contributed by atoms with E-state index in [9.17, 15) is 9.59 Å². The number of anilines is 1. The molecule has 1 atom stereocenters. The minimum absolute atomic E-state index is 0.0176. The molecule has 0 bridgehead atoms. The number of nitrogens with zero attached hydrogens (tertiary/aromatic N) is 4. The highest BCUT2D eigenvalue weighted by Crippen LogP contribution is 2.37. The Bertz CT molecular complexity index is 1140. The first-order valence-corrected chi connectivity index (χ1v) is 13.1. The molecule has 0 radical (unpaired) electrons. The van der Waals surface area contributed by atoms with E-state index in [4.69, 9.17) is 14.7 Å². The largest absolute Gasteiger partial charge is 0.381 e. The molecule has 3 heterocycles. The summed E-state index contributed by atoms with van der Waals surface area (Å²) in [6, 6.07) is 6.27. The number of carbonyl (C=O) groups is 2. The number of piperidine rings is 1. The molecule has 36 heavy (non-hydrogen) atoms. The monoisotopic (exact) mass is 492 g/mol. The fourth-order valence-electron chi connectivity index (χ4n) is 5.57. The quantitative estimate of drug-likeness (QED) is 0.552. The van der Waals surface area contributed by atoms with Crippen LogP contribution in [-0.2, 0) is 27.3 Å². The Morgan fingerprint density at radius 1 is 1.14 bits per heavy atom. The number of ether oxygens (including phenoxy) is 1. The van der Waals surface area contributed by atoms with Crippen LogP contribution in [0.3, 0.4) is 0 Å². The molecule has 0 saturated carbocycles. The van der Waals surface area contributed by atoms with Crippen molar-refractivity contribution in [1.82, 2.24) is 14.9 Å². The summed E-state index contributed by atoms with van der Waals surface area (Å²) in [6.07, 6.45) is 1.70. The zero-order valence-corrected chi connectivity index (χ0v) is 22.9. The van der Waals surface area contributed by atoms with Gasteiger partial charge in [-0.25, -0.2) is 9.97 Å². The number of Topliss-reactive ketones (excluding diaryl/α,β-unsaturated/α-hetero) is 1. The van der Waals surface area contributed by atoms with Gasteiger partial charge in [-0.3, -0.25) is 9.59 Å². The lowest BCUT2D eigenvalue weighted by atomic mass is 9.81. The van der Waals surface area contributed by atoms with Crippen molar-refractivity contribution < 1.29 is 14.3 Å². The van der Waals surface area contributed by atoms with Crippen molar-refractivity contribution in [3.63, 3.8) is 0 Å². The molecule has 1 fully saturated rings. The molecule has 2 aromatic rings. The van der Waals surface area contributed by atoms with Crippen molar-refractivity contribution in [1.29, 1.82) is 0 Å². The Hall–Kier alpha value is -2.80. The van der Waals surface area contributed by atoms with Gasteiger partial charge >= 0.3 is 0 Å². The van der Waals surface area contributed by atoms with Crippen molar-refractivity contribution in [2.75, 3.05) is 31.6 Å². The Kier molecular flexibility index (Phi) is 7.51. The van der Waals surface area contributed by atoms with Crippen LogP contribution < -0.4 is 4.90 Å². The van der Waals surface area contributed by atoms with E-state index in [1.165, 1.54) is 0 Å². The van der Waals surface area contributed by atoms with Gasteiger partial charge in [0.2, 0.25) is 5.91 Å². The maximum atomic E-state index is 13.0. The van der Waals surface area contributed by atoms with E-state index in [0.29, 0.717) is 19.5 Å². The third-order valence-corrected chi connectivity index (χ3v) is 7.78. The van der Waals surface area contributed by atoms with Gasteiger partial charge in [0.15, 0.2) is 5.82 Å². The first-order chi connectivity index (χ1) is 17.0. The molecule has 0 N–H and O–H groups in total. The average molecular weight is 493 g/mol. The predicted octanol–water partition coefficient (Wildman–Crippen LogP) is 4.51. The number of methoxy groups -OCH3 is 1. The van der Waals surface area contributed by atoms with E-state index in [1.807, 2.05) is 13.8 Å². The van der Waals surface area contributed by atoms with Gasteiger partial charge in [0.05, 0.1) is 24.8 Å². The highest BCUT2D eigenvalue weighted by atomic mass is 16.5. The molecule has 7 heteroatoms. The number of carbonyl (C=O) groups excluding carboxylic acids is 2. The van der Waals surface area contributed by atoms with E-state index in [-0.39, 0.29) is 35.5 Å². The first-order valence-electron chi connectivity index (χ1n) is 13.1. The summed E-state index contributed by atoms with van der Waals surface area (Å²) in [5, 5.41) is 0. The van der Waals surface area contributed by atoms with Crippen LogP contribution in [0.1, 0.15) is 62.9 Å². The molecule has 2 aliphatic rings. The Morgan fingerprint density at radius 2 is 1.83 bits per heavy atom. The van der Waals surface area contributed by atoms with Crippen LogP contribution in [-0.4, -0.2) is 59.4 Å². The standard InChI is InChI=1S/C29H40N4O3/c1-18(2)23(34)15-25(35)32-13-11-22-21(16-32)28(33-14-12-24(36-7)29(5,6)17-33)31-27(30-22)26-19(3)9-8-10-20(26)4/h8-10,18,24H,11-17H2,1-7H3/t24-/m0/s1. The number of fused-ring (bicyclic) bond motifs is 1. The number of amides is 1. The summed E-state index contributed by atoms with van der Waals surface area (Å²) in [5.74, 6) is 1.39. The summed E-state index contributed by atoms with van der Waals surface area (Å²) >= 11 is 0. The smallest absolute Gasteiger partial charge is 0.230 e. The van der Waals surface area contributed by atoms with E-state index >= 15 is 0 Å². The molecular weight excluding hydrogens is 452 g/mol. The van der Waals surface area contributed by atoms with Crippen molar-refractivity contribution >= 4 is 17.5 Å². The summed E-state index contributed by atoms with van der Waals surface area (Å²) in [6.45, 7) is 15.0. The normalized spacial score (nSPS) is 19.4. The van der Waals surface area contributed by atoms with E-state index in [0.717, 1.165) is 59.1 Å². The van der Waals surface area contributed by atoms with Crippen LogP contribution in [0.15, 0.2) is 18.2 Å². The van der Waals surface area contributed by atoms with Gasteiger partial charge in [-0.1, -0.05) is 45.9 Å². The predicted molar refractivity (Wildman–Crippen MR) is 142 cm³/mol. The Morgan fingerprint density at radius 3 is 2.44 bits per heavy atom. The number of aryl methyl sites for hydroxylation is 2. The molecule has 0 unspecified atom stereocenters. The number of benzene rings is 1. The maximum Gasteiger partial charge on any atom is 0.230 e. The molecule has 4 rings (SSSR count). The van der Waals surface area contributed by atoms with Gasteiger partial charge in [-0.05, 0) is 31.4 Å². The molecule has 7 nitrogen and oxygen atoms in total. The highest BCUT2D eigenvalue weighted by molar-refractivity contribution is 5.98. The van der Waals surface area contributed by atoms with Gasteiger partial charge in [0, 0.05) is 55.6 Å². The van der Waals surface area contributed by atoms with Crippen LogP contribution >= 0.6 is 0 Å². The van der Waals surface area contributed by atoms with Gasteiger partial charge in [-0.15, -0.1) is 0 Å². The Balaban J connectivity index is 1.75. The van der Waals surface area contributed by atoms with Gasteiger partial charge in [-0.2, -0.15) is 0 Å². The molecule has 0 spiro atoms. The molecule has 0 aliphatic carbocycles. The lowest BCUT2D eigenvalue weighted by Crippen LogP contribution is -2.50. The minimum atomic E-state index is -0.144. The summed E-state index contributed by atoms with van der Waals surface area (Å²) in [4.78, 5) is 39.6. The Labute approximate surface area is 215 Å². The fraction of sp³-hybridized carbons (Fsp3) is 0.586. The van der Waals surface area contributed by atoms with Crippen molar-refractivity contribution in [2.45, 2.75) is 73.5 Å². The molecule has 1 saturated heterocycles. The summed E-state index contributed by atoms with van der Waals surface area (Å²) in [7, 11) is 1.79. The molecule has 2 aliphatic heterocycles. The number of rotatable bonds is 6. The van der Waals surface area contributed by atoms with E-state index in [1.54, 1.807) is 12.0 Å². The number of ketones is 1. The molecule has 1 aromatic carbocycles. The number of hydrogen-bond acceptors (Lipinski definition) is 6. The SMILES string of the molecule is CO[C@H]1CCN(c2nc(-c3c(C)cccc3C)nc3c2CN(C(=O)CC(=O)C(C)C)CC3)CC1(C)C. The van der Waals surface area contributed by atoms with Gasteiger partial charge < -0.3 is 14.5 Å². The number of hydrogen-bond donors (Lipinski definition) is 0. The summed E-state index contributed by atoms with van der Waals surface area (Å²) < 4.78 is 5.79. The number of aromatic nitrogens is 2. The third kappa shape index (κ3) is 5.17.